The smallest absolute Gasteiger partial charge is 0.0249 e. The Balaban J connectivity index is 0.776. The SMILES string of the molecule is C(#Cc1ccc(C#Cc2ccc(C34CC5(c6ccc(C#Cc7ccc(C#Cc8ccccc8)cc7)cc6)CC(c6ccc(C#Cc7ccc(C#Cc8ccccc8)cc7)cc6)(C3)CC(c3ccc(C#Cc6ccc(C#Cc7ccccc7)cc6)cc3)(C4)C5)cc2)cc1)c1ccccc1. The summed E-state index contributed by atoms with van der Waals surface area (Å²) in [4.78, 5) is 0. The lowest BCUT2D eigenvalue weighted by atomic mass is 9.32. The van der Waals surface area contributed by atoms with Crippen LogP contribution in [0.1, 0.15) is 150 Å². The molecule has 0 nitrogen and oxygen atoms in total. The van der Waals surface area contributed by atoms with Gasteiger partial charge in [-0.1, -0.05) is 216 Å². The zero-order valence-corrected chi connectivity index (χ0v) is 54.3. The van der Waals surface area contributed by atoms with E-state index in [0.717, 1.165) is 128 Å². The Hall–Kier alpha value is -12.9. The van der Waals surface area contributed by atoms with Gasteiger partial charge in [-0.2, -0.15) is 0 Å². The topological polar surface area (TPSA) is 0 Å². The molecule has 4 aliphatic carbocycles. The molecular weight excluding hydrogens is 1180 g/mol. The Morgan fingerprint density at radius 2 is 0.224 bits per heavy atom. The maximum atomic E-state index is 3.52. The number of hydrogen-bond donors (Lipinski definition) is 0. The van der Waals surface area contributed by atoms with Crippen LogP contribution in [0.4, 0.5) is 0 Å². The van der Waals surface area contributed by atoms with Gasteiger partial charge in [0.2, 0.25) is 0 Å². The molecule has 0 atom stereocenters. The number of hydrogen-bond acceptors (Lipinski definition) is 0. The van der Waals surface area contributed by atoms with Gasteiger partial charge < -0.3 is 0 Å². The molecule has 12 aromatic rings. The molecule has 4 bridgehead atoms. The zero-order chi connectivity index (χ0) is 65.9. The van der Waals surface area contributed by atoms with Crippen molar-refractivity contribution >= 4 is 0 Å². The van der Waals surface area contributed by atoms with Crippen molar-refractivity contribution in [2.75, 3.05) is 0 Å². The Bertz CT molecular complexity index is 4700. The van der Waals surface area contributed by atoms with Crippen molar-refractivity contribution in [2.24, 2.45) is 0 Å². The summed E-state index contributed by atoms with van der Waals surface area (Å²) < 4.78 is 0. The standard InChI is InChI=1S/C98H64/c1-5-13-75(14-6-1)21-25-79-29-37-83(38-30-79)45-49-87-53-61-91(62-54-87)95-69-96(92-63-55-88(56-64-92)50-46-84-39-31-80(32-40-84)26-22-76-15-7-2-8-16-76)72-97(70-95,93-65-57-89(58-66-93)51-47-85-41-33-81(34-42-85)27-23-77-17-9-3-10-18-77)74-98(71-95,73-96)94-67-59-90(60-68-94)52-48-86-43-35-82(36-44-86)28-24-78-19-11-4-12-20-78/h1-20,29-44,53-68H,69-74H2. The summed E-state index contributed by atoms with van der Waals surface area (Å²) in [6.07, 6.45) is 6.16. The van der Waals surface area contributed by atoms with Gasteiger partial charge >= 0.3 is 0 Å². The van der Waals surface area contributed by atoms with Gasteiger partial charge in [-0.15, -0.1) is 0 Å². The number of rotatable bonds is 4. The lowest BCUT2D eigenvalue weighted by Gasteiger charge is -2.71. The first kappa shape index (κ1) is 61.3. The minimum absolute atomic E-state index is 0.181. The highest BCUT2D eigenvalue weighted by molar-refractivity contribution is 5.58. The molecule has 0 unspecified atom stereocenters. The molecule has 0 heterocycles. The van der Waals surface area contributed by atoms with Gasteiger partial charge in [-0.3, -0.25) is 0 Å². The molecule has 0 amide bonds. The highest BCUT2D eigenvalue weighted by Crippen LogP contribution is 2.75. The Morgan fingerprint density at radius 3 is 0.347 bits per heavy atom. The van der Waals surface area contributed by atoms with Crippen LogP contribution in [0.15, 0.2) is 315 Å². The van der Waals surface area contributed by atoms with Crippen molar-refractivity contribution < 1.29 is 0 Å². The number of benzene rings is 12. The summed E-state index contributed by atoms with van der Waals surface area (Å²) in [5.74, 6) is 54.2. The third-order valence-corrected chi connectivity index (χ3v) is 19.5. The quantitative estimate of drug-likeness (QED) is 0.154. The van der Waals surface area contributed by atoms with Crippen LogP contribution in [-0.2, 0) is 21.7 Å². The second-order valence-electron chi connectivity index (χ2n) is 26.3. The normalized spacial score (nSPS) is 17.9. The zero-order valence-electron chi connectivity index (χ0n) is 54.3. The lowest BCUT2D eigenvalue weighted by Crippen LogP contribution is -2.67. The van der Waals surface area contributed by atoms with Gasteiger partial charge in [0.25, 0.3) is 0 Å². The summed E-state index contributed by atoms with van der Waals surface area (Å²) in [6, 6.07) is 111. The van der Waals surface area contributed by atoms with Crippen LogP contribution in [0.25, 0.3) is 0 Å². The summed E-state index contributed by atoms with van der Waals surface area (Å²) >= 11 is 0. The first-order valence-corrected chi connectivity index (χ1v) is 33.5. The average molecular weight is 1240 g/mol. The van der Waals surface area contributed by atoms with Crippen molar-refractivity contribution in [2.45, 2.75) is 60.2 Å². The summed E-state index contributed by atoms with van der Waals surface area (Å²) in [7, 11) is 0. The van der Waals surface area contributed by atoms with Crippen LogP contribution in [0.3, 0.4) is 0 Å². The van der Waals surface area contributed by atoms with E-state index in [-0.39, 0.29) is 21.7 Å². The predicted molar refractivity (Wildman–Crippen MR) is 400 cm³/mol. The Labute approximate surface area is 578 Å². The largest absolute Gasteiger partial charge is 0.0622 e. The van der Waals surface area contributed by atoms with E-state index >= 15 is 0 Å². The lowest BCUT2D eigenvalue weighted by molar-refractivity contribution is -0.0691. The van der Waals surface area contributed by atoms with Crippen LogP contribution < -0.4 is 0 Å². The molecule has 4 fully saturated rings. The van der Waals surface area contributed by atoms with E-state index in [1.807, 2.05) is 121 Å². The van der Waals surface area contributed by atoms with E-state index in [9.17, 15) is 0 Å². The highest BCUT2D eigenvalue weighted by Gasteiger charge is 2.69. The molecule has 12 aromatic carbocycles. The molecular formula is C98H64. The molecule has 0 radical (unpaired) electrons. The van der Waals surface area contributed by atoms with Crippen molar-refractivity contribution in [1.29, 1.82) is 0 Å². The van der Waals surface area contributed by atoms with E-state index < -0.39 is 0 Å². The second kappa shape index (κ2) is 27.6. The fraction of sp³-hybridized carbons (Fsp3) is 0.102. The molecule has 0 saturated heterocycles. The Morgan fingerprint density at radius 1 is 0.122 bits per heavy atom. The predicted octanol–water partition coefficient (Wildman–Crippen LogP) is 19.3. The van der Waals surface area contributed by atoms with Gasteiger partial charge in [-0.25, -0.2) is 0 Å². The van der Waals surface area contributed by atoms with Crippen LogP contribution in [-0.4, -0.2) is 0 Å². The van der Waals surface area contributed by atoms with E-state index in [0.29, 0.717) is 0 Å². The first-order chi connectivity index (χ1) is 48.3. The molecule has 0 N–H and O–H groups in total. The molecule has 0 aliphatic heterocycles. The fourth-order valence-electron chi connectivity index (χ4n) is 15.3. The average Bonchev–Trinajstić information content (AvgIpc) is 0.667. The van der Waals surface area contributed by atoms with E-state index in [1.165, 1.54) is 22.3 Å². The van der Waals surface area contributed by atoms with Gasteiger partial charge in [-0.05, 0) is 277 Å². The molecule has 4 saturated carbocycles. The molecule has 0 heteroatoms. The minimum Gasteiger partial charge on any atom is -0.0622 e. The van der Waals surface area contributed by atoms with E-state index in [1.54, 1.807) is 0 Å². The molecule has 4 aliphatic rings. The van der Waals surface area contributed by atoms with Crippen molar-refractivity contribution in [3.63, 3.8) is 0 Å². The second-order valence-corrected chi connectivity index (χ2v) is 26.3. The maximum Gasteiger partial charge on any atom is 0.0249 e. The first-order valence-electron chi connectivity index (χ1n) is 33.5. The third kappa shape index (κ3) is 14.1. The van der Waals surface area contributed by atoms with Crippen molar-refractivity contribution in [1.82, 2.24) is 0 Å². The van der Waals surface area contributed by atoms with Gasteiger partial charge in [0, 0.05) is 89.0 Å². The van der Waals surface area contributed by atoms with Crippen molar-refractivity contribution in [3.8, 4) is 94.7 Å². The van der Waals surface area contributed by atoms with Crippen LogP contribution in [0, 0.1) is 94.7 Å². The molecule has 16 rings (SSSR count). The molecule has 456 valence electrons. The Kier molecular flexibility index (Phi) is 17.3. The van der Waals surface area contributed by atoms with Crippen LogP contribution in [0.5, 0.6) is 0 Å². The maximum absolute atomic E-state index is 3.52. The van der Waals surface area contributed by atoms with Gasteiger partial charge in [0.05, 0.1) is 0 Å². The van der Waals surface area contributed by atoms with E-state index in [4.69, 9.17) is 0 Å². The van der Waals surface area contributed by atoms with Gasteiger partial charge in [0.15, 0.2) is 0 Å². The summed E-state index contributed by atoms with van der Waals surface area (Å²) in [5.41, 5.74) is 20.4. The molecule has 0 aromatic heterocycles. The summed E-state index contributed by atoms with van der Waals surface area (Å²) in [6.45, 7) is 0. The van der Waals surface area contributed by atoms with Crippen LogP contribution in [0.2, 0.25) is 0 Å². The summed E-state index contributed by atoms with van der Waals surface area (Å²) in [5, 5.41) is 0. The van der Waals surface area contributed by atoms with Crippen molar-refractivity contribution in [3.05, 3.63) is 427 Å². The molecule has 98 heavy (non-hydrogen) atoms. The highest BCUT2D eigenvalue weighted by atomic mass is 14.7. The molecule has 0 spiro atoms. The monoisotopic (exact) mass is 1240 g/mol. The third-order valence-electron chi connectivity index (χ3n) is 19.5. The fourth-order valence-corrected chi connectivity index (χ4v) is 15.3. The van der Waals surface area contributed by atoms with Crippen LogP contribution >= 0.6 is 0 Å². The minimum atomic E-state index is -0.181. The van der Waals surface area contributed by atoms with Gasteiger partial charge in [0.1, 0.15) is 0 Å². The van der Waals surface area contributed by atoms with E-state index in [2.05, 4.69) is 289 Å².